The van der Waals surface area contributed by atoms with Crippen LogP contribution >= 0.6 is 0 Å². The Morgan fingerprint density at radius 1 is 1.28 bits per heavy atom. The molecule has 29 heavy (non-hydrogen) atoms. The molecule has 1 fully saturated rings. The molecule has 0 aliphatic carbocycles. The smallest absolute Gasteiger partial charge is 0.275 e. The van der Waals surface area contributed by atoms with Gasteiger partial charge in [-0.2, -0.15) is 0 Å². The van der Waals surface area contributed by atoms with Crippen molar-refractivity contribution < 1.29 is 13.6 Å². The third-order valence-corrected chi connectivity index (χ3v) is 5.31. The molecule has 2 heterocycles. The number of carbonyl (C=O) groups is 1. The highest BCUT2D eigenvalue weighted by Crippen LogP contribution is 2.19. The van der Waals surface area contributed by atoms with Gasteiger partial charge in [0, 0.05) is 25.7 Å². The molecule has 1 saturated heterocycles. The third-order valence-electron chi connectivity index (χ3n) is 5.31. The minimum absolute atomic E-state index is 0.0158. The molecular weight excluding hydrogens is 376 g/mol. The van der Waals surface area contributed by atoms with Crippen LogP contribution in [0.1, 0.15) is 42.7 Å². The predicted molar refractivity (Wildman–Crippen MR) is 106 cm³/mol. The van der Waals surface area contributed by atoms with Crippen LogP contribution in [0.15, 0.2) is 24.4 Å². The van der Waals surface area contributed by atoms with Gasteiger partial charge >= 0.3 is 0 Å². The Labute approximate surface area is 170 Å². The number of piperidine rings is 1. The average Bonchev–Trinajstić information content (AvgIpc) is 3.13. The first kappa shape index (κ1) is 21.4. The van der Waals surface area contributed by atoms with Crippen LogP contribution in [0.4, 0.5) is 8.78 Å². The zero-order valence-corrected chi connectivity index (χ0v) is 17.3. The molecule has 0 radical (unpaired) electrons. The van der Waals surface area contributed by atoms with Gasteiger partial charge in [-0.1, -0.05) is 19.1 Å². The van der Waals surface area contributed by atoms with Crippen molar-refractivity contribution in [2.24, 2.45) is 11.8 Å². The van der Waals surface area contributed by atoms with Crippen molar-refractivity contribution in [3.8, 4) is 0 Å². The summed E-state index contributed by atoms with van der Waals surface area (Å²) in [7, 11) is 1.77. The third kappa shape index (κ3) is 5.82. The second-order valence-electron chi connectivity index (χ2n) is 8.36. The molecule has 1 aromatic heterocycles. The molecule has 3 rings (SSSR count). The standard InChI is InChI=1S/C21H29F2N5O/c1-15(2)11-27-8-6-16(7-9-27)12-26(3)21(29)20-14-28(25-24-20)13-17-10-18(22)4-5-19(17)23/h4-5,10,14-16H,6-9,11-13H2,1-3H3. The van der Waals surface area contributed by atoms with E-state index in [4.69, 9.17) is 0 Å². The van der Waals surface area contributed by atoms with Crippen LogP contribution in [-0.2, 0) is 6.54 Å². The number of hydrogen-bond acceptors (Lipinski definition) is 4. The molecule has 6 nitrogen and oxygen atoms in total. The van der Waals surface area contributed by atoms with Gasteiger partial charge < -0.3 is 9.80 Å². The highest BCUT2D eigenvalue weighted by molar-refractivity contribution is 5.91. The van der Waals surface area contributed by atoms with Gasteiger partial charge in [0.05, 0.1) is 12.7 Å². The van der Waals surface area contributed by atoms with E-state index < -0.39 is 11.6 Å². The second-order valence-corrected chi connectivity index (χ2v) is 8.36. The summed E-state index contributed by atoms with van der Waals surface area (Å²) < 4.78 is 28.5. The Balaban J connectivity index is 1.53. The summed E-state index contributed by atoms with van der Waals surface area (Å²) in [5, 5.41) is 7.81. The summed E-state index contributed by atoms with van der Waals surface area (Å²) in [6.45, 7) is 8.42. The Kier molecular flexibility index (Phi) is 6.95. The highest BCUT2D eigenvalue weighted by atomic mass is 19.1. The molecule has 0 bridgehead atoms. The van der Waals surface area contributed by atoms with Gasteiger partial charge in [-0.3, -0.25) is 4.79 Å². The summed E-state index contributed by atoms with van der Waals surface area (Å²) in [6, 6.07) is 3.27. The lowest BCUT2D eigenvalue weighted by atomic mass is 9.95. The number of aromatic nitrogens is 3. The maximum absolute atomic E-state index is 13.8. The van der Waals surface area contributed by atoms with E-state index in [1.165, 1.54) is 10.9 Å². The summed E-state index contributed by atoms with van der Waals surface area (Å²) in [5.74, 6) is -0.101. The van der Waals surface area contributed by atoms with Crippen molar-refractivity contribution in [1.82, 2.24) is 24.8 Å². The molecule has 2 aromatic rings. The Morgan fingerprint density at radius 3 is 2.69 bits per heavy atom. The fourth-order valence-corrected chi connectivity index (χ4v) is 3.85. The summed E-state index contributed by atoms with van der Waals surface area (Å²) in [6.07, 6.45) is 3.64. The van der Waals surface area contributed by atoms with E-state index in [2.05, 4.69) is 29.1 Å². The molecule has 0 spiro atoms. The van der Waals surface area contributed by atoms with Gasteiger partial charge in [0.25, 0.3) is 5.91 Å². The second kappa shape index (κ2) is 9.43. The summed E-state index contributed by atoms with van der Waals surface area (Å²) in [5.41, 5.74) is 0.372. The van der Waals surface area contributed by atoms with Crippen LogP contribution in [0, 0.1) is 23.5 Å². The van der Waals surface area contributed by atoms with Gasteiger partial charge in [-0.05, 0) is 56.0 Å². The van der Waals surface area contributed by atoms with Crippen LogP contribution < -0.4 is 0 Å². The summed E-state index contributed by atoms with van der Waals surface area (Å²) >= 11 is 0. The van der Waals surface area contributed by atoms with E-state index in [1.807, 2.05) is 0 Å². The first-order valence-corrected chi connectivity index (χ1v) is 10.1. The maximum Gasteiger partial charge on any atom is 0.275 e. The Bertz CT molecular complexity index is 830. The predicted octanol–water partition coefficient (Wildman–Crippen LogP) is 3.04. The molecule has 1 aliphatic rings. The fraction of sp³-hybridized carbons (Fsp3) is 0.571. The topological polar surface area (TPSA) is 54.3 Å². The van der Waals surface area contributed by atoms with Crippen molar-refractivity contribution in [2.75, 3.05) is 33.2 Å². The fourth-order valence-electron chi connectivity index (χ4n) is 3.85. The van der Waals surface area contributed by atoms with Crippen LogP contribution in [0.2, 0.25) is 0 Å². The van der Waals surface area contributed by atoms with Gasteiger partial charge in [0.1, 0.15) is 11.6 Å². The zero-order valence-electron chi connectivity index (χ0n) is 17.3. The maximum atomic E-state index is 13.8. The van der Waals surface area contributed by atoms with Crippen LogP contribution in [0.25, 0.3) is 0 Å². The number of carbonyl (C=O) groups excluding carboxylic acids is 1. The molecule has 8 heteroatoms. The van der Waals surface area contributed by atoms with E-state index in [1.54, 1.807) is 11.9 Å². The normalized spacial score (nSPS) is 15.8. The van der Waals surface area contributed by atoms with Gasteiger partial charge in [0.2, 0.25) is 0 Å². The first-order chi connectivity index (χ1) is 13.8. The number of benzene rings is 1. The summed E-state index contributed by atoms with van der Waals surface area (Å²) in [4.78, 5) is 16.8. The minimum atomic E-state index is -0.518. The Hall–Kier alpha value is -2.35. The van der Waals surface area contributed by atoms with Crippen LogP contribution in [0.5, 0.6) is 0 Å². The quantitative estimate of drug-likeness (QED) is 0.711. The zero-order chi connectivity index (χ0) is 21.0. The van der Waals surface area contributed by atoms with Crippen molar-refractivity contribution in [1.29, 1.82) is 0 Å². The Morgan fingerprint density at radius 2 is 2.00 bits per heavy atom. The van der Waals surface area contributed by atoms with Crippen molar-refractivity contribution in [2.45, 2.75) is 33.2 Å². The molecule has 1 amide bonds. The average molecular weight is 405 g/mol. The number of halogens is 2. The molecule has 158 valence electrons. The van der Waals surface area contributed by atoms with Gasteiger partial charge in [0.15, 0.2) is 5.69 Å². The van der Waals surface area contributed by atoms with E-state index in [-0.39, 0.29) is 23.7 Å². The van der Waals surface area contributed by atoms with Crippen molar-refractivity contribution in [3.63, 3.8) is 0 Å². The molecule has 0 N–H and O–H groups in total. The van der Waals surface area contributed by atoms with Crippen molar-refractivity contribution >= 4 is 5.91 Å². The van der Waals surface area contributed by atoms with Crippen LogP contribution in [-0.4, -0.2) is 63.9 Å². The van der Waals surface area contributed by atoms with Gasteiger partial charge in [-0.25, -0.2) is 13.5 Å². The molecule has 1 aliphatic heterocycles. The number of nitrogens with zero attached hydrogens (tertiary/aromatic N) is 5. The molecule has 0 saturated carbocycles. The molecular formula is C21H29F2N5O. The molecule has 0 atom stereocenters. The highest BCUT2D eigenvalue weighted by Gasteiger charge is 2.24. The van der Waals surface area contributed by atoms with E-state index in [0.29, 0.717) is 18.4 Å². The first-order valence-electron chi connectivity index (χ1n) is 10.1. The van der Waals surface area contributed by atoms with Gasteiger partial charge in [-0.15, -0.1) is 5.10 Å². The number of hydrogen-bond donors (Lipinski definition) is 0. The number of rotatable bonds is 7. The van der Waals surface area contributed by atoms with Crippen LogP contribution in [0.3, 0.4) is 0 Å². The molecule has 1 aromatic carbocycles. The van der Waals surface area contributed by atoms with E-state index in [0.717, 1.165) is 50.7 Å². The molecule has 0 unspecified atom stereocenters. The lowest BCUT2D eigenvalue weighted by Gasteiger charge is -2.34. The number of likely N-dealkylation sites (tertiary alicyclic amines) is 1. The largest absolute Gasteiger partial charge is 0.340 e. The van der Waals surface area contributed by atoms with E-state index >= 15 is 0 Å². The van der Waals surface area contributed by atoms with E-state index in [9.17, 15) is 13.6 Å². The lowest BCUT2D eigenvalue weighted by molar-refractivity contribution is 0.0730. The monoisotopic (exact) mass is 405 g/mol. The SMILES string of the molecule is CC(C)CN1CCC(CN(C)C(=O)c2cn(Cc3cc(F)ccc3F)nn2)CC1. The minimum Gasteiger partial charge on any atom is -0.340 e. The van der Waals surface area contributed by atoms with Crippen molar-refractivity contribution in [3.05, 3.63) is 47.3 Å². The number of amides is 1. The lowest BCUT2D eigenvalue weighted by Crippen LogP contribution is -2.40.